The summed E-state index contributed by atoms with van der Waals surface area (Å²) in [6, 6.07) is 0. The number of hydrogen-bond acceptors (Lipinski definition) is 0. The Morgan fingerprint density at radius 2 is 0.688 bits per heavy atom. The fraction of sp³-hybridized carbons (Fsp3) is 0.933. The number of allylic oxidation sites excluding steroid dienone is 2. The summed E-state index contributed by atoms with van der Waals surface area (Å²) in [5.74, 6) is 0. The molecule has 0 aliphatic heterocycles. The van der Waals surface area contributed by atoms with Crippen LogP contribution in [0, 0.1) is 0 Å². The van der Waals surface area contributed by atoms with Crippen LogP contribution >= 0.6 is 0 Å². The first-order valence-corrected chi connectivity index (χ1v) is 14.7. The van der Waals surface area contributed by atoms with Gasteiger partial charge in [-0.1, -0.05) is 110 Å². The highest BCUT2D eigenvalue weighted by molar-refractivity contribution is 4.81. The molecule has 0 saturated carbocycles. The van der Waals surface area contributed by atoms with Crippen molar-refractivity contribution in [1.82, 2.24) is 0 Å². The summed E-state index contributed by atoms with van der Waals surface area (Å²) in [6.45, 7) is 15.1. The Hall–Kier alpha value is -0.0100. The van der Waals surface area contributed by atoms with Crippen LogP contribution in [0.5, 0.6) is 0 Å². The van der Waals surface area contributed by atoms with Gasteiger partial charge in [0.05, 0.1) is 26.2 Å². The van der Waals surface area contributed by atoms with E-state index in [0.717, 1.165) is 0 Å². The van der Waals surface area contributed by atoms with Crippen molar-refractivity contribution in [3.63, 3.8) is 0 Å². The van der Waals surface area contributed by atoms with Gasteiger partial charge >= 0.3 is 0 Å². The molecule has 0 aliphatic carbocycles. The highest BCUT2D eigenvalue weighted by Crippen LogP contribution is 2.18. The van der Waals surface area contributed by atoms with E-state index >= 15 is 0 Å². The second-order valence-corrected chi connectivity index (χ2v) is 10.2. The van der Waals surface area contributed by atoms with Gasteiger partial charge in [-0.25, -0.2) is 0 Å². The molecule has 0 aromatic heterocycles. The Balaban J connectivity index is 0. The molecule has 32 heavy (non-hydrogen) atoms. The van der Waals surface area contributed by atoms with Gasteiger partial charge in [-0.3, -0.25) is 0 Å². The molecule has 0 spiro atoms. The third kappa shape index (κ3) is 21.8. The van der Waals surface area contributed by atoms with E-state index in [2.05, 4.69) is 39.8 Å². The number of rotatable bonds is 25. The largest absolute Gasteiger partial charge is 1.00 e. The maximum Gasteiger partial charge on any atom is 0.0786 e. The molecule has 0 aliphatic rings. The molecule has 0 unspecified atom stereocenters. The van der Waals surface area contributed by atoms with E-state index in [-0.39, 0.29) is 12.4 Å². The minimum atomic E-state index is 0. The van der Waals surface area contributed by atoms with Crippen molar-refractivity contribution in [3.05, 3.63) is 12.2 Å². The molecule has 0 amide bonds. The van der Waals surface area contributed by atoms with E-state index in [1.54, 1.807) is 0 Å². The second-order valence-electron chi connectivity index (χ2n) is 10.2. The van der Waals surface area contributed by atoms with Crippen molar-refractivity contribution >= 4 is 0 Å². The Morgan fingerprint density at radius 1 is 0.375 bits per heavy atom. The van der Waals surface area contributed by atoms with Crippen LogP contribution in [-0.2, 0) is 0 Å². The molecule has 0 bridgehead atoms. The lowest BCUT2D eigenvalue weighted by Gasteiger charge is -2.39. The molecule has 0 aromatic carbocycles. The summed E-state index contributed by atoms with van der Waals surface area (Å²) in [5.41, 5.74) is 0. The van der Waals surface area contributed by atoms with Crippen molar-refractivity contribution in [2.24, 2.45) is 0 Å². The number of halogens is 1. The van der Waals surface area contributed by atoms with Gasteiger partial charge < -0.3 is 16.9 Å². The Bertz CT molecular complexity index is 344. The predicted octanol–water partition coefficient (Wildman–Crippen LogP) is 7.25. The van der Waals surface area contributed by atoms with Gasteiger partial charge in [-0.05, 0) is 57.8 Å². The zero-order valence-electron chi connectivity index (χ0n) is 23.0. The topological polar surface area (TPSA) is 0 Å². The van der Waals surface area contributed by atoms with Crippen LogP contribution in [0.3, 0.4) is 0 Å². The molecule has 0 atom stereocenters. The molecule has 1 nitrogen and oxygen atoms in total. The Labute approximate surface area is 211 Å². The van der Waals surface area contributed by atoms with Crippen LogP contribution in [0.15, 0.2) is 12.2 Å². The third-order valence-electron chi connectivity index (χ3n) is 7.10. The van der Waals surface area contributed by atoms with E-state index in [4.69, 9.17) is 0 Å². The van der Waals surface area contributed by atoms with Crippen molar-refractivity contribution in [2.45, 2.75) is 156 Å². The zero-order valence-corrected chi connectivity index (χ0v) is 23.7. The van der Waals surface area contributed by atoms with Gasteiger partial charge in [0, 0.05) is 0 Å². The fourth-order valence-electron chi connectivity index (χ4n) is 4.85. The standard InChI is InChI=1S/C30H62N.ClH/c1-5-9-13-14-15-16-17-18-19-20-21-22-23-24-25-26-30-31(27-10-6-2,28-11-7-3)29-12-8-4;/h18-19H,5-17,20-30H2,1-4H3;1H/q+1;/p-1/b19-18-;. The van der Waals surface area contributed by atoms with Crippen molar-refractivity contribution in [2.75, 3.05) is 26.2 Å². The van der Waals surface area contributed by atoms with E-state index < -0.39 is 0 Å². The highest BCUT2D eigenvalue weighted by atomic mass is 35.5. The smallest absolute Gasteiger partial charge is 0.0786 e. The molecular formula is C30H62ClN. The Morgan fingerprint density at radius 3 is 1.09 bits per heavy atom. The normalized spacial score (nSPS) is 11.9. The molecule has 0 radical (unpaired) electrons. The minimum absolute atomic E-state index is 0. The lowest BCUT2D eigenvalue weighted by atomic mass is 10.1. The number of nitrogens with zero attached hydrogens (tertiary/aromatic N) is 1. The van der Waals surface area contributed by atoms with Crippen LogP contribution in [0.25, 0.3) is 0 Å². The van der Waals surface area contributed by atoms with Crippen molar-refractivity contribution in [1.29, 1.82) is 0 Å². The van der Waals surface area contributed by atoms with Gasteiger partial charge in [0.15, 0.2) is 0 Å². The van der Waals surface area contributed by atoms with E-state index in [9.17, 15) is 0 Å². The molecule has 0 fully saturated rings. The molecule has 194 valence electrons. The predicted molar refractivity (Wildman–Crippen MR) is 144 cm³/mol. The number of unbranched alkanes of at least 4 members (excludes halogenated alkanes) is 15. The van der Waals surface area contributed by atoms with E-state index in [1.165, 1.54) is 159 Å². The van der Waals surface area contributed by atoms with Gasteiger partial charge in [0.2, 0.25) is 0 Å². The van der Waals surface area contributed by atoms with Crippen LogP contribution in [0.1, 0.15) is 156 Å². The lowest BCUT2D eigenvalue weighted by Crippen LogP contribution is -3.00. The first kappa shape index (κ1) is 34.2. The summed E-state index contributed by atoms with van der Waals surface area (Å²) in [5, 5.41) is 0. The minimum Gasteiger partial charge on any atom is -1.00 e. The Kier molecular flexibility index (Phi) is 29.1. The van der Waals surface area contributed by atoms with E-state index in [1.807, 2.05) is 0 Å². The fourth-order valence-corrected chi connectivity index (χ4v) is 4.85. The molecule has 0 saturated heterocycles. The monoisotopic (exact) mass is 471 g/mol. The quantitative estimate of drug-likeness (QED) is 0.0747. The first-order valence-electron chi connectivity index (χ1n) is 14.7. The summed E-state index contributed by atoms with van der Waals surface area (Å²) >= 11 is 0. The average molecular weight is 472 g/mol. The second kappa shape index (κ2) is 27.2. The van der Waals surface area contributed by atoms with Crippen LogP contribution in [0.2, 0.25) is 0 Å². The highest BCUT2D eigenvalue weighted by Gasteiger charge is 2.24. The SMILES string of the molecule is CCCCCCCC/C=C\CCCCCCCC[N+](CCCC)(CCCC)CCCC.[Cl-]. The van der Waals surface area contributed by atoms with Crippen LogP contribution in [0.4, 0.5) is 0 Å². The summed E-state index contributed by atoms with van der Waals surface area (Å²) in [4.78, 5) is 0. The molecule has 2 heteroatoms. The van der Waals surface area contributed by atoms with Gasteiger partial charge in [-0.15, -0.1) is 0 Å². The lowest BCUT2D eigenvalue weighted by molar-refractivity contribution is -0.929. The number of hydrogen-bond donors (Lipinski definition) is 0. The van der Waals surface area contributed by atoms with E-state index in [0.29, 0.717) is 0 Å². The number of quaternary nitrogens is 1. The van der Waals surface area contributed by atoms with Crippen molar-refractivity contribution in [3.8, 4) is 0 Å². The van der Waals surface area contributed by atoms with Crippen LogP contribution in [-0.4, -0.2) is 30.7 Å². The maximum atomic E-state index is 2.45. The van der Waals surface area contributed by atoms with Gasteiger partial charge in [-0.2, -0.15) is 0 Å². The molecular weight excluding hydrogens is 410 g/mol. The third-order valence-corrected chi connectivity index (χ3v) is 7.10. The molecule has 0 heterocycles. The van der Waals surface area contributed by atoms with Crippen LogP contribution < -0.4 is 12.4 Å². The van der Waals surface area contributed by atoms with Gasteiger partial charge in [0.25, 0.3) is 0 Å². The summed E-state index contributed by atoms with van der Waals surface area (Å²) < 4.78 is 1.43. The first-order chi connectivity index (χ1) is 15.2. The molecule has 0 N–H and O–H groups in total. The summed E-state index contributed by atoms with van der Waals surface area (Å²) in [6.07, 6.45) is 33.0. The maximum absolute atomic E-state index is 2.45. The summed E-state index contributed by atoms with van der Waals surface area (Å²) in [7, 11) is 0. The molecule has 0 aromatic rings. The average Bonchev–Trinajstić information content (AvgIpc) is 2.79. The van der Waals surface area contributed by atoms with Gasteiger partial charge in [0.1, 0.15) is 0 Å². The molecule has 0 rings (SSSR count). The van der Waals surface area contributed by atoms with Crippen molar-refractivity contribution < 1.29 is 16.9 Å². The zero-order chi connectivity index (χ0) is 22.9.